The number of carbonyl (C=O) groups is 2. The molecule has 0 spiro atoms. The molecule has 0 saturated carbocycles. The maximum absolute atomic E-state index is 12.3. The summed E-state index contributed by atoms with van der Waals surface area (Å²) in [5, 5.41) is 0.627. The topological polar surface area (TPSA) is 52.6 Å². The van der Waals surface area contributed by atoms with E-state index in [2.05, 4.69) is 0 Å². The van der Waals surface area contributed by atoms with Gasteiger partial charge in [-0.15, -0.1) is 0 Å². The van der Waals surface area contributed by atoms with E-state index in [-0.39, 0.29) is 28.5 Å². The first-order valence-electron chi connectivity index (χ1n) is 6.96. The monoisotopic (exact) mass is 352 g/mol. The Hall–Kier alpha value is -2.04. The molecule has 0 radical (unpaired) electrons. The lowest BCUT2D eigenvalue weighted by atomic mass is 10.1. The van der Waals surface area contributed by atoms with E-state index in [9.17, 15) is 9.59 Å². The highest BCUT2D eigenvalue weighted by Crippen LogP contribution is 2.27. The molecule has 0 aliphatic heterocycles. The largest absolute Gasteiger partial charge is 0.462 e. The Morgan fingerprint density at radius 2 is 1.61 bits per heavy atom. The van der Waals surface area contributed by atoms with Gasteiger partial charge in [0.15, 0.2) is 0 Å². The highest BCUT2D eigenvalue weighted by atomic mass is 35.5. The third-order valence-corrected chi connectivity index (χ3v) is 3.64. The van der Waals surface area contributed by atoms with Gasteiger partial charge < -0.3 is 9.47 Å². The van der Waals surface area contributed by atoms with Crippen molar-refractivity contribution in [3.63, 3.8) is 0 Å². The fourth-order valence-electron chi connectivity index (χ4n) is 1.81. The SMILES string of the molecule is CCCOC(=O)c1ccccc1C(=O)Oc1ccc(Cl)c(Cl)c1. The second-order valence-electron chi connectivity index (χ2n) is 4.65. The van der Waals surface area contributed by atoms with Crippen LogP contribution in [0.3, 0.4) is 0 Å². The summed E-state index contributed by atoms with van der Waals surface area (Å²) in [5.74, 6) is -0.998. The van der Waals surface area contributed by atoms with Gasteiger partial charge in [-0.05, 0) is 30.7 Å². The lowest BCUT2D eigenvalue weighted by Crippen LogP contribution is -2.16. The van der Waals surface area contributed by atoms with Crippen LogP contribution in [0.1, 0.15) is 34.1 Å². The van der Waals surface area contributed by atoms with E-state index in [1.165, 1.54) is 30.3 Å². The number of benzene rings is 2. The normalized spacial score (nSPS) is 10.2. The van der Waals surface area contributed by atoms with Gasteiger partial charge in [-0.2, -0.15) is 0 Å². The van der Waals surface area contributed by atoms with E-state index < -0.39 is 11.9 Å². The number of ether oxygens (including phenoxy) is 2. The lowest BCUT2D eigenvalue weighted by Gasteiger charge is -2.09. The smallest absolute Gasteiger partial charge is 0.344 e. The Balaban J connectivity index is 2.22. The van der Waals surface area contributed by atoms with Crippen LogP contribution in [0.2, 0.25) is 10.0 Å². The summed E-state index contributed by atoms with van der Waals surface area (Å²) in [6, 6.07) is 10.8. The fraction of sp³-hybridized carbons (Fsp3) is 0.176. The van der Waals surface area contributed by atoms with Crippen molar-refractivity contribution < 1.29 is 19.1 Å². The molecule has 0 aromatic heterocycles. The summed E-state index contributed by atoms with van der Waals surface area (Å²) in [4.78, 5) is 24.3. The molecule has 0 N–H and O–H groups in total. The quantitative estimate of drug-likeness (QED) is 0.573. The van der Waals surface area contributed by atoms with Crippen LogP contribution in [-0.4, -0.2) is 18.5 Å². The zero-order valence-electron chi connectivity index (χ0n) is 12.3. The van der Waals surface area contributed by atoms with Gasteiger partial charge in [0.1, 0.15) is 5.75 Å². The molecule has 0 atom stereocenters. The fourth-order valence-corrected chi connectivity index (χ4v) is 2.10. The number of hydrogen-bond donors (Lipinski definition) is 0. The Morgan fingerprint density at radius 3 is 2.22 bits per heavy atom. The maximum atomic E-state index is 12.3. The van der Waals surface area contributed by atoms with Crippen LogP contribution >= 0.6 is 23.2 Å². The second kappa shape index (κ2) is 7.99. The van der Waals surface area contributed by atoms with Gasteiger partial charge >= 0.3 is 11.9 Å². The Morgan fingerprint density at radius 1 is 0.957 bits per heavy atom. The highest BCUT2D eigenvalue weighted by Gasteiger charge is 2.19. The lowest BCUT2D eigenvalue weighted by molar-refractivity contribution is 0.0496. The summed E-state index contributed by atoms with van der Waals surface area (Å²) in [5.41, 5.74) is 0.283. The highest BCUT2D eigenvalue weighted by molar-refractivity contribution is 6.42. The molecule has 0 heterocycles. The minimum absolute atomic E-state index is 0.125. The summed E-state index contributed by atoms with van der Waals surface area (Å²) in [6.07, 6.45) is 0.696. The molecule has 120 valence electrons. The van der Waals surface area contributed by atoms with Crippen molar-refractivity contribution in [1.82, 2.24) is 0 Å². The zero-order chi connectivity index (χ0) is 16.8. The molecule has 0 amide bonds. The maximum Gasteiger partial charge on any atom is 0.344 e. The molecule has 0 bridgehead atoms. The van der Waals surface area contributed by atoms with Gasteiger partial charge in [0.05, 0.1) is 27.8 Å². The average Bonchev–Trinajstić information content (AvgIpc) is 2.56. The van der Waals surface area contributed by atoms with Crippen molar-refractivity contribution in [2.24, 2.45) is 0 Å². The molecule has 6 heteroatoms. The van der Waals surface area contributed by atoms with Crippen LogP contribution < -0.4 is 4.74 Å². The minimum atomic E-state index is -0.674. The van der Waals surface area contributed by atoms with Gasteiger partial charge in [0.2, 0.25) is 0 Å². The minimum Gasteiger partial charge on any atom is -0.462 e. The summed E-state index contributed by atoms with van der Waals surface area (Å²) < 4.78 is 10.3. The molecule has 2 aromatic carbocycles. The molecule has 0 fully saturated rings. The van der Waals surface area contributed by atoms with Crippen molar-refractivity contribution in [3.05, 3.63) is 63.6 Å². The van der Waals surface area contributed by atoms with E-state index in [0.29, 0.717) is 11.4 Å². The molecule has 2 rings (SSSR count). The predicted molar refractivity (Wildman–Crippen MR) is 88.4 cm³/mol. The number of hydrogen-bond acceptors (Lipinski definition) is 4. The van der Waals surface area contributed by atoms with Gasteiger partial charge in [-0.1, -0.05) is 42.3 Å². The second-order valence-corrected chi connectivity index (χ2v) is 5.46. The third-order valence-electron chi connectivity index (χ3n) is 2.91. The average molecular weight is 353 g/mol. The Labute approximate surface area is 143 Å². The number of esters is 2. The van der Waals surface area contributed by atoms with E-state index >= 15 is 0 Å². The van der Waals surface area contributed by atoms with Crippen molar-refractivity contribution in [2.45, 2.75) is 13.3 Å². The summed E-state index contributed by atoms with van der Waals surface area (Å²) in [7, 11) is 0. The zero-order valence-corrected chi connectivity index (χ0v) is 13.9. The van der Waals surface area contributed by atoms with Gasteiger partial charge in [0.25, 0.3) is 0 Å². The molecule has 4 nitrogen and oxygen atoms in total. The van der Waals surface area contributed by atoms with E-state index in [1.807, 2.05) is 6.92 Å². The third kappa shape index (κ3) is 4.47. The van der Waals surface area contributed by atoms with Crippen molar-refractivity contribution >= 4 is 35.1 Å². The van der Waals surface area contributed by atoms with Crippen LogP contribution in [0.25, 0.3) is 0 Å². The molecule has 0 unspecified atom stereocenters. The molecule has 0 saturated heterocycles. The van der Waals surface area contributed by atoms with Crippen LogP contribution in [-0.2, 0) is 4.74 Å². The van der Waals surface area contributed by atoms with E-state index in [4.69, 9.17) is 32.7 Å². The van der Waals surface area contributed by atoms with Crippen LogP contribution in [0.4, 0.5) is 0 Å². The summed E-state index contributed by atoms with van der Waals surface area (Å²) in [6.45, 7) is 2.17. The van der Waals surface area contributed by atoms with Crippen LogP contribution in [0, 0.1) is 0 Å². The Kier molecular flexibility index (Phi) is 6.02. The van der Waals surface area contributed by atoms with Crippen LogP contribution in [0.15, 0.2) is 42.5 Å². The van der Waals surface area contributed by atoms with E-state index in [0.717, 1.165) is 0 Å². The van der Waals surface area contributed by atoms with Crippen LogP contribution in [0.5, 0.6) is 5.75 Å². The van der Waals surface area contributed by atoms with E-state index in [1.54, 1.807) is 12.1 Å². The van der Waals surface area contributed by atoms with Crippen molar-refractivity contribution in [3.8, 4) is 5.75 Å². The predicted octanol–water partition coefficient (Wildman–Crippen LogP) is 4.78. The molecule has 2 aromatic rings. The van der Waals surface area contributed by atoms with Crippen molar-refractivity contribution in [1.29, 1.82) is 0 Å². The first-order valence-corrected chi connectivity index (χ1v) is 7.72. The molecular formula is C17H14Cl2O4. The standard InChI is InChI=1S/C17H14Cl2O4/c1-2-9-22-16(20)12-5-3-4-6-13(12)17(21)23-11-7-8-14(18)15(19)10-11/h3-8,10H,2,9H2,1H3. The number of rotatable bonds is 5. The van der Waals surface area contributed by atoms with Gasteiger partial charge in [-0.3, -0.25) is 0 Å². The number of halogens is 2. The first kappa shape index (κ1) is 17.3. The Bertz CT molecular complexity index is 728. The molecule has 0 aliphatic carbocycles. The number of carbonyl (C=O) groups excluding carboxylic acids is 2. The van der Waals surface area contributed by atoms with Gasteiger partial charge in [0, 0.05) is 6.07 Å². The molecular weight excluding hydrogens is 339 g/mol. The van der Waals surface area contributed by atoms with Crippen molar-refractivity contribution in [2.75, 3.05) is 6.61 Å². The first-order chi connectivity index (χ1) is 11.0. The summed E-state index contributed by atoms with van der Waals surface area (Å²) >= 11 is 11.7. The molecule has 23 heavy (non-hydrogen) atoms. The molecule has 0 aliphatic rings. The van der Waals surface area contributed by atoms with Gasteiger partial charge in [-0.25, -0.2) is 9.59 Å².